The Morgan fingerprint density at radius 2 is 1.86 bits per heavy atom. The van der Waals surface area contributed by atoms with E-state index in [1.165, 1.54) is 13.8 Å². The highest BCUT2D eigenvalue weighted by Gasteiger charge is 2.42. The summed E-state index contributed by atoms with van der Waals surface area (Å²) in [5, 5.41) is 30.6. The number of carbonyl (C=O) groups excluding carboxylic acids is 1. The van der Waals surface area contributed by atoms with Crippen molar-refractivity contribution in [2.24, 2.45) is 0 Å². The first-order valence-corrected chi connectivity index (χ1v) is 4.40. The predicted octanol–water partition coefficient (Wildman–Crippen LogP) is -2.05. The maximum atomic E-state index is 10.7. The zero-order valence-electron chi connectivity index (χ0n) is 8.04. The van der Waals surface area contributed by atoms with Crippen molar-refractivity contribution in [2.45, 2.75) is 44.5 Å². The number of ether oxygens (including phenoxy) is 1. The largest absolute Gasteiger partial charge is 0.388 e. The van der Waals surface area contributed by atoms with Crippen molar-refractivity contribution in [1.82, 2.24) is 5.32 Å². The maximum absolute atomic E-state index is 10.7. The highest BCUT2D eigenvalue weighted by molar-refractivity contribution is 5.73. The van der Waals surface area contributed by atoms with Crippen LogP contribution in [0.2, 0.25) is 0 Å². The summed E-state index contributed by atoms with van der Waals surface area (Å²) in [5.41, 5.74) is 0. The lowest BCUT2D eigenvalue weighted by Gasteiger charge is -2.39. The summed E-state index contributed by atoms with van der Waals surface area (Å²) in [6.45, 7) is 2.78. The molecule has 1 rings (SSSR count). The molecule has 14 heavy (non-hydrogen) atoms. The van der Waals surface area contributed by atoms with Gasteiger partial charge in [-0.2, -0.15) is 0 Å². The van der Waals surface area contributed by atoms with Crippen LogP contribution in [0.4, 0.5) is 0 Å². The molecule has 4 N–H and O–H groups in total. The highest BCUT2D eigenvalue weighted by atomic mass is 16.6. The van der Waals surface area contributed by atoms with E-state index < -0.39 is 36.6 Å². The molecule has 0 aliphatic carbocycles. The van der Waals surface area contributed by atoms with Crippen LogP contribution in [0, 0.1) is 0 Å². The smallest absolute Gasteiger partial charge is 0.217 e. The van der Waals surface area contributed by atoms with Gasteiger partial charge in [-0.3, -0.25) is 4.79 Å². The van der Waals surface area contributed by atoms with Gasteiger partial charge in [0.1, 0.15) is 18.2 Å². The molecule has 1 aliphatic heterocycles. The summed E-state index contributed by atoms with van der Waals surface area (Å²) in [6, 6.07) is -0.987. The molecule has 0 aromatic rings. The van der Waals surface area contributed by atoms with Crippen molar-refractivity contribution < 1.29 is 24.9 Å². The molecule has 1 fully saturated rings. The average molecular weight is 205 g/mol. The Morgan fingerprint density at radius 1 is 1.29 bits per heavy atom. The number of hydrogen-bond acceptors (Lipinski definition) is 5. The molecule has 1 heterocycles. The lowest BCUT2D eigenvalue weighted by Crippen LogP contribution is -2.62. The minimum Gasteiger partial charge on any atom is -0.388 e. The molecule has 0 spiro atoms. The third-order valence-electron chi connectivity index (χ3n) is 2.23. The third kappa shape index (κ3) is 2.21. The SMILES string of the molecule is CC(=O)N[C@H]1[C@@H](O)[C@@H](O)[C@@H](C)O[C@H]1O. The van der Waals surface area contributed by atoms with Crippen LogP contribution in [-0.4, -0.2) is 51.9 Å². The van der Waals surface area contributed by atoms with Gasteiger partial charge in [0.25, 0.3) is 0 Å². The molecule has 0 bridgehead atoms. The molecule has 5 atom stereocenters. The quantitative estimate of drug-likeness (QED) is 0.395. The van der Waals surface area contributed by atoms with Crippen LogP contribution in [0.25, 0.3) is 0 Å². The minimum atomic E-state index is -1.30. The van der Waals surface area contributed by atoms with Crippen LogP contribution >= 0.6 is 0 Å². The molecular weight excluding hydrogens is 190 g/mol. The second-order valence-corrected chi connectivity index (χ2v) is 3.44. The molecule has 0 aromatic heterocycles. The van der Waals surface area contributed by atoms with Crippen molar-refractivity contribution in [1.29, 1.82) is 0 Å². The van der Waals surface area contributed by atoms with Crippen molar-refractivity contribution in [3.05, 3.63) is 0 Å². The molecule has 0 radical (unpaired) electrons. The van der Waals surface area contributed by atoms with E-state index in [1.807, 2.05) is 0 Å². The number of aliphatic hydroxyl groups is 3. The molecule has 1 aliphatic rings. The van der Waals surface area contributed by atoms with Gasteiger partial charge in [-0.05, 0) is 6.92 Å². The lowest BCUT2D eigenvalue weighted by molar-refractivity contribution is -0.242. The fourth-order valence-corrected chi connectivity index (χ4v) is 1.44. The third-order valence-corrected chi connectivity index (χ3v) is 2.23. The molecule has 0 saturated carbocycles. The van der Waals surface area contributed by atoms with Gasteiger partial charge in [-0.15, -0.1) is 0 Å². The van der Waals surface area contributed by atoms with Crippen molar-refractivity contribution in [2.75, 3.05) is 0 Å². The van der Waals surface area contributed by atoms with Crippen LogP contribution < -0.4 is 5.32 Å². The van der Waals surface area contributed by atoms with Gasteiger partial charge in [0.05, 0.1) is 6.10 Å². The summed E-state index contributed by atoms with van der Waals surface area (Å²) in [6.07, 6.45) is -4.30. The first-order chi connectivity index (χ1) is 6.43. The molecule has 1 amide bonds. The Balaban J connectivity index is 2.68. The predicted molar refractivity (Wildman–Crippen MR) is 46.2 cm³/mol. The monoisotopic (exact) mass is 205 g/mol. The van der Waals surface area contributed by atoms with Crippen LogP contribution in [0.15, 0.2) is 0 Å². The summed E-state index contributed by atoms with van der Waals surface area (Å²) < 4.78 is 4.91. The molecule has 6 nitrogen and oxygen atoms in total. The number of aliphatic hydroxyl groups excluding tert-OH is 3. The average Bonchev–Trinajstić information content (AvgIpc) is 2.09. The summed E-state index contributed by atoms with van der Waals surface area (Å²) in [7, 11) is 0. The zero-order chi connectivity index (χ0) is 10.9. The molecule has 6 heteroatoms. The fraction of sp³-hybridized carbons (Fsp3) is 0.875. The Hall–Kier alpha value is -0.690. The molecule has 0 unspecified atom stereocenters. The van der Waals surface area contributed by atoms with E-state index in [0.29, 0.717) is 0 Å². The van der Waals surface area contributed by atoms with E-state index >= 15 is 0 Å². The van der Waals surface area contributed by atoms with Gasteiger partial charge in [-0.1, -0.05) is 0 Å². The fourth-order valence-electron chi connectivity index (χ4n) is 1.44. The van der Waals surface area contributed by atoms with E-state index in [4.69, 9.17) is 4.74 Å². The van der Waals surface area contributed by atoms with Gasteiger partial charge in [0.15, 0.2) is 6.29 Å². The zero-order valence-corrected chi connectivity index (χ0v) is 8.04. The van der Waals surface area contributed by atoms with Crippen LogP contribution in [0.3, 0.4) is 0 Å². The minimum absolute atomic E-state index is 0.404. The van der Waals surface area contributed by atoms with Gasteiger partial charge in [-0.25, -0.2) is 0 Å². The number of hydrogen-bond donors (Lipinski definition) is 4. The van der Waals surface area contributed by atoms with E-state index in [0.717, 1.165) is 0 Å². The first-order valence-electron chi connectivity index (χ1n) is 4.40. The van der Waals surface area contributed by atoms with E-state index in [2.05, 4.69) is 5.32 Å². The molecule has 0 aromatic carbocycles. The number of amides is 1. The van der Waals surface area contributed by atoms with Crippen LogP contribution in [0.1, 0.15) is 13.8 Å². The standard InChI is InChI=1S/C8H15NO5/c1-3-6(11)7(12)5(8(13)14-3)9-4(2)10/h3,5-8,11-13H,1-2H3,(H,9,10)/t3-,5+,6+,7-,8-/m1/s1. The number of rotatable bonds is 1. The normalized spacial score (nSPS) is 43.4. The Labute approximate surface area is 81.5 Å². The van der Waals surface area contributed by atoms with Crippen LogP contribution in [0.5, 0.6) is 0 Å². The lowest BCUT2D eigenvalue weighted by atomic mass is 9.98. The topological polar surface area (TPSA) is 99.0 Å². The number of nitrogens with one attached hydrogen (secondary N) is 1. The molecule has 1 saturated heterocycles. The summed E-state index contributed by atoms with van der Waals surface area (Å²) in [4.78, 5) is 10.7. The van der Waals surface area contributed by atoms with Gasteiger partial charge < -0.3 is 25.4 Å². The Kier molecular flexibility index (Phi) is 3.43. The summed E-state index contributed by atoms with van der Waals surface area (Å²) >= 11 is 0. The van der Waals surface area contributed by atoms with Crippen molar-refractivity contribution in [3.63, 3.8) is 0 Å². The van der Waals surface area contributed by atoms with Gasteiger partial charge in [0.2, 0.25) is 5.91 Å². The van der Waals surface area contributed by atoms with Crippen molar-refractivity contribution >= 4 is 5.91 Å². The van der Waals surface area contributed by atoms with Gasteiger partial charge in [0, 0.05) is 6.92 Å². The number of carbonyl (C=O) groups is 1. The van der Waals surface area contributed by atoms with Crippen molar-refractivity contribution in [3.8, 4) is 0 Å². The van der Waals surface area contributed by atoms with E-state index in [-0.39, 0.29) is 0 Å². The second kappa shape index (κ2) is 4.22. The molecule has 82 valence electrons. The maximum Gasteiger partial charge on any atom is 0.217 e. The van der Waals surface area contributed by atoms with E-state index in [9.17, 15) is 20.1 Å². The first kappa shape index (κ1) is 11.4. The van der Waals surface area contributed by atoms with Crippen LogP contribution in [-0.2, 0) is 9.53 Å². The van der Waals surface area contributed by atoms with E-state index in [1.54, 1.807) is 0 Å². The summed E-state index contributed by atoms with van der Waals surface area (Å²) in [5.74, 6) is -0.404. The Morgan fingerprint density at radius 3 is 2.36 bits per heavy atom. The molecular formula is C8H15NO5. The Bertz CT molecular complexity index is 222. The van der Waals surface area contributed by atoms with Gasteiger partial charge >= 0.3 is 0 Å². The highest BCUT2D eigenvalue weighted by Crippen LogP contribution is 2.19. The second-order valence-electron chi connectivity index (χ2n) is 3.44.